The molecule has 0 spiro atoms. The second-order valence-electron chi connectivity index (χ2n) is 8.54. The van der Waals surface area contributed by atoms with Crippen molar-refractivity contribution in [3.05, 3.63) is 74.4 Å². The zero-order valence-corrected chi connectivity index (χ0v) is 20.1. The predicted octanol–water partition coefficient (Wildman–Crippen LogP) is 5.78. The van der Waals surface area contributed by atoms with Crippen LogP contribution in [-0.2, 0) is 9.59 Å². The molecule has 4 nitrogen and oxygen atoms in total. The molecule has 1 heterocycles. The molecule has 1 aliphatic heterocycles. The number of hydrogen-bond donors (Lipinski definition) is 1. The maximum Gasteiger partial charge on any atom is 0.263 e. The van der Waals surface area contributed by atoms with Gasteiger partial charge in [-0.15, -0.1) is 0 Å². The van der Waals surface area contributed by atoms with Gasteiger partial charge in [0.2, 0.25) is 0 Å². The van der Waals surface area contributed by atoms with E-state index in [9.17, 15) is 23.5 Å². The van der Waals surface area contributed by atoms with E-state index in [0.717, 1.165) is 27.0 Å². The zero-order valence-electron chi connectivity index (χ0n) is 17.9. The average molecular weight is 551 g/mol. The highest BCUT2D eigenvalue weighted by molar-refractivity contribution is 14.2. The minimum atomic E-state index is -2.84. The molecule has 1 fully saturated rings. The normalized spacial score (nSPS) is 23.4. The molecule has 0 aromatic heterocycles. The first-order valence-electron chi connectivity index (χ1n) is 10.5. The summed E-state index contributed by atoms with van der Waals surface area (Å²) in [5, 5.41) is 9.80. The van der Waals surface area contributed by atoms with Crippen LogP contribution in [0.25, 0.3) is 0 Å². The van der Waals surface area contributed by atoms with E-state index in [0.29, 0.717) is 16.7 Å². The summed E-state index contributed by atoms with van der Waals surface area (Å²) in [4.78, 5) is 27.9. The summed E-state index contributed by atoms with van der Waals surface area (Å²) >= 11 is -0.842. The van der Waals surface area contributed by atoms with Gasteiger partial charge in [-0.2, -0.15) is 0 Å². The molecule has 3 aliphatic carbocycles. The second kappa shape index (κ2) is 8.52. The summed E-state index contributed by atoms with van der Waals surface area (Å²) < 4.78 is 29.4. The lowest BCUT2D eigenvalue weighted by Gasteiger charge is -2.34. The maximum atomic E-state index is 13.9. The number of carbonyl (C=O) groups is 2. The molecule has 1 unspecified atom stereocenters. The fourth-order valence-corrected chi connectivity index (χ4v) is 7.52. The molecule has 7 heteroatoms. The predicted molar refractivity (Wildman–Crippen MR) is 128 cm³/mol. The number of alkyl halides is 2. The van der Waals surface area contributed by atoms with E-state index in [4.69, 9.17) is 0 Å². The van der Waals surface area contributed by atoms with Gasteiger partial charge in [0.15, 0.2) is 11.5 Å². The Morgan fingerprint density at radius 2 is 2.12 bits per heavy atom. The number of fused-ring (bicyclic) bond motifs is 1. The van der Waals surface area contributed by atoms with Crippen LogP contribution in [0, 0.1) is 11.8 Å². The third-order valence-electron chi connectivity index (χ3n) is 5.84. The molecule has 4 rings (SSSR count). The topological polar surface area (TPSA) is 57.6 Å². The number of Topliss-reactive ketones (excluding diaryl/α,β-unsaturated/α-hetero) is 1. The number of hydrogen-bond acceptors (Lipinski definition) is 3. The molecule has 1 amide bonds. The van der Waals surface area contributed by atoms with E-state index in [1.807, 2.05) is 0 Å². The van der Waals surface area contributed by atoms with Gasteiger partial charge in [-0.1, -0.05) is 57.3 Å². The van der Waals surface area contributed by atoms with Gasteiger partial charge < -0.3 is 5.11 Å². The highest BCUT2D eigenvalue weighted by atomic mass is 127. The molecule has 1 N–H and O–H groups in total. The van der Waals surface area contributed by atoms with Crippen molar-refractivity contribution in [3.8, 4) is 0 Å². The van der Waals surface area contributed by atoms with Crippen molar-refractivity contribution in [2.24, 2.45) is 11.8 Å². The second-order valence-corrected chi connectivity index (χ2v) is 11.3. The van der Waals surface area contributed by atoms with Crippen LogP contribution in [0.15, 0.2) is 74.4 Å². The Morgan fingerprint density at radius 3 is 2.78 bits per heavy atom. The van der Waals surface area contributed by atoms with Crippen molar-refractivity contribution in [2.45, 2.75) is 45.5 Å². The first-order chi connectivity index (χ1) is 15.1. The molecule has 0 aromatic rings. The fourth-order valence-electron chi connectivity index (χ4n) is 3.76. The molecule has 0 aromatic carbocycles. The average Bonchev–Trinajstić information content (AvgIpc) is 3.57. The van der Waals surface area contributed by atoms with Crippen LogP contribution in [0.5, 0.6) is 0 Å². The van der Waals surface area contributed by atoms with Gasteiger partial charge in [0.25, 0.3) is 11.8 Å². The highest BCUT2D eigenvalue weighted by Gasteiger charge is 2.43. The van der Waals surface area contributed by atoms with Gasteiger partial charge in [-0.05, 0) is 50.3 Å². The summed E-state index contributed by atoms with van der Waals surface area (Å²) in [6, 6.07) is 0. The smallest absolute Gasteiger partial charge is 0.263 e. The number of allylic oxidation sites excluding steroid dienone is 7. The zero-order chi connectivity index (χ0) is 23.2. The Kier molecular flexibility index (Phi) is 6.07. The number of amides is 1. The molecule has 4 aliphatic rings. The number of aliphatic hydroxyl groups excluding tert-OH is 1. The summed E-state index contributed by atoms with van der Waals surface area (Å²) in [6.07, 6.45) is 10.2. The number of carbonyl (C=O) groups excluding carboxylic acids is 2. The molecule has 1 atom stereocenters. The van der Waals surface area contributed by atoms with Gasteiger partial charge in [0.05, 0.1) is 9.33 Å². The van der Waals surface area contributed by atoms with E-state index in [1.165, 1.54) is 4.90 Å². The number of rotatable bonds is 6. The van der Waals surface area contributed by atoms with Crippen LogP contribution in [-0.4, -0.2) is 31.3 Å². The van der Waals surface area contributed by atoms with Crippen LogP contribution < -0.4 is 0 Å². The van der Waals surface area contributed by atoms with E-state index in [2.05, 4.69) is 12.3 Å². The Labute approximate surface area is 195 Å². The van der Waals surface area contributed by atoms with E-state index < -0.39 is 32.6 Å². The summed E-state index contributed by atoms with van der Waals surface area (Å²) in [7, 11) is 0. The lowest BCUT2D eigenvalue weighted by molar-refractivity contribution is -0.125. The first kappa shape index (κ1) is 22.8. The Balaban J connectivity index is 1.61. The maximum absolute atomic E-state index is 13.9. The SMILES string of the molecule is C=C(C(=O)CC1=CC=C=C(O)C(C)=C1)N1C(=O)C2=CCC(C(C)(F)F)C=C2I=C1C1CC1. The van der Waals surface area contributed by atoms with Gasteiger partial charge in [-0.25, -0.2) is 8.78 Å². The summed E-state index contributed by atoms with van der Waals surface area (Å²) in [5.74, 6) is -4.13. The Morgan fingerprint density at radius 1 is 1.41 bits per heavy atom. The third kappa shape index (κ3) is 4.55. The molecule has 0 saturated heterocycles. The minimum Gasteiger partial charge on any atom is -0.501 e. The quantitative estimate of drug-likeness (QED) is 0.259. The highest BCUT2D eigenvalue weighted by Crippen LogP contribution is 2.47. The monoisotopic (exact) mass is 551 g/mol. The van der Waals surface area contributed by atoms with Crippen LogP contribution in [0.4, 0.5) is 8.78 Å². The summed E-state index contributed by atoms with van der Waals surface area (Å²) in [6.45, 7) is 6.60. The number of nitrogens with zero attached hydrogens (tertiary/aromatic N) is 1. The minimum absolute atomic E-state index is 0.0161. The molecule has 0 bridgehead atoms. The summed E-state index contributed by atoms with van der Waals surface area (Å²) in [5.41, 5.74) is 4.55. The van der Waals surface area contributed by atoms with Crippen molar-refractivity contribution in [1.82, 2.24) is 4.90 Å². The standard InChI is InChI=1S/C25H24F2INO3/c1-14-11-16(5-4-6-21(14)30)12-22(31)15(2)29-23(17-7-8-17)28-20-13-18(25(3,26)27)9-10-19(20)24(29)32/h4-5,10-11,13,17-18,30H,2,7-9,12H2,1,3H3. The fraction of sp³-hybridized carbons (Fsp3) is 0.360. The Bertz CT molecular complexity index is 1140. The molecule has 168 valence electrons. The number of ketones is 1. The van der Waals surface area contributed by atoms with Crippen molar-refractivity contribution < 1.29 is 23.5 Å². The van der Waals surface area contributed by atoms with E-state index in [1.54, 1.807) is 37.3 Å². The van der Waals surface area contributed by atoms with E-state index >= 15 is 0 Å². The van der Waals surface area contributed by atoms with Gasteiger partial charge in [0.1, 0.15) is 0 Å². The Hall–Kier alpha value is -2.38. The van der Waals surface area contributed by atoms with Crippen molar-refractivity contribution >= 4 is 36.1 Å². The third-order valence-corrected chi connectivity index (χ3v) is 9.28. The lowest BCUT2D eigenvalue weighted by Crippen LogP contribution is -2.42. The molecular formula is C25H24F2INO3. The van der Waals surface area contributed by atoms with Crippen LogP contribution in [0.3, 0.4) is 0 Å². The van der Waals surface area contributed by atoms with Crippen molar-refractivity contribution in [3.63, 3.8) is 0 Å². The number of aliphatic hydroxyl groups is 1. The van der Waals surface area contributed by atoms with Gasteiger partial charge >= 0.3 is 0 Å². The largest absolute Gasteiger partial charge is 0.501 e. The van der Waals surface area contributed by atoms with Crippen molar-refractivity contribution in [1.29, 1.82) is 0 Å². The molecule has 32 heavy (non-hydrogen) atoms. The number of halogens is 3. The van der Waals surface area contributed by atoms with E-state index in [-0.39, 0.29) is 41.9 Å². The molecule has 1 saturated carbocycles. The lowest BCUT2D eigenvalue weighted by atomic mass is 9.91. The van der Waals surface area contributed by atoms with Gasteiger partial charge in [-0.3, -0.25) is 14.5 Å². The van der Waals surface area contributed by atoms with Crippen molar-refractivity contribution in [2.75, 3.05) is 0 Å². The molecular weight excluding hydrogens is 527 g/mol. The molecule has 0 radical (unpaired) electrons. The van der Waals surface area contributed by atoms with Crippen LogP contribution >= 0.6 is 20.7 Å². The van der Waals surface area contributed by atoms with Gasteiger partial charge in [0, 0.05) is 27.4 Å². The van der Waals surface area contributed by atoms with Crippen LogP contribution in [0.2, 0.25) is 0 Å². The first-order valence-corrected chi connectivity index (χ1v) is 12.6. The van der Waals surface area contributed by atoms with Crippen LogP contribution in [0.1, 0.15) is 39.5 Å².